The first-order valence-corrected chi connectivity index (χ1v) is 4.35. The Kier molecular flexibility index (Phi) is 2.08. The Bertz CT molecular complexity index is 362. The third-order valence-corrected chi connectivity index (χ3v) is 2.07. The summed E-state index contributed by atoms with van der Waals surface area (Å²) in [6, 6.07) is 8.36. The summed E-state index contributed by atoms with van der Waals surface area (Å²) in [5.41, 5.74) is 3.33. The van der Waals surface area contributed by atoms with Gasteiger partial charge >= 0.3 is 0 Å². The van der Waals surface area contributed by atoms with Gasteiger partial charge in [0.05, 0.1) is 6.20 Å². The molecule has 2 aromatic rings. The average Bonchev–Trinajstić information content (AvgIpc) is 2.71. The quantitative estimate of drug-likeness (QED) is 0.755. The highest BCUT2D eigenvalue weighted by Crippen LogP contribution is 2.15. The van der Waals surface area contributed by atoms with Crippen LogP contribution in [-0.4, -0.2) is 15.4 Å². The Balaban J connectivity index is 2.33. The van der Waals surface area contributed by atoms with Crippen molar-refractivity contribution in [2.75, 3.05) is 0 Å². The topological polar surface area (TPSA) is 41.6 Å². The molecule has 0 bridgehead atoms. The molecule has 13 heavy (non-hydrogen) atoms. The van der Waals surface area contributed by atoms with Gasteiger partial charge < -0.3 is 0 Å². The molecule has 3 heteroatoms. The van der Waals surface area contributed by atoms with Crippen LogP contribution in [0, 0.1) is 0 Å². The molecule has 1 aromatic heterocycles. The van der Waals surface area contributed by atoms with Crippen molar-refractivity contribution in [2.24, 2.45) is 0 Å². The molecule has 0 aliphatic heterocycles. The van der Waals surface area contributed by atoms with Crippen molar-refractivity contribution < 1.29 is 0 Å². The molecule has 0 unspecified atom stereocenters. The smallest absolute Gasteiger partial charge is 0.112 e. The van der Waals surface area contributed by atoms with Crippen LogP contribution in [0.3, 0.4) is 0 Å². The number of nitrogens with one attached hydrogen (secondary N) is 1. The molecule has 0 saturated heterocycles. The highest BCUT2D eigenvalue weighted by atomic mass is 15.3. The molecule has 0 aliphatic carbocycles. The molecule has 0 amide bonds. The summed E-state index contributed by atoms with van der Waals surface area (Å²) in [5, 5.41) is 10.4. The molecule has 0 fully saturated rings. The van der Waals surface area contributed by atoms with Crippen LogP contribution < -0.4 is 0 Å². The normalized spacial score (nSPS) is 10.2. The third-order valence-electron chi connectivity index (χ3n) is 2.07. The molecule has 0 aliphatic rings. The maximum atomic E-state index is 4.01. The van der Waals surface area contributed by atoms with E-state index in [4.69, 9.17) is 0 Å². The highest BCUT2D eigenvalue weighted by Gasteiger charge is 1.98. The van der Waals surface area contributed by atoms with Gasteiger partial charge in [0, 0.05) is 5.56 Å². The first-order chi connectivity index (χ1) is 6.40. The Hall–Kier alpha value is -1.64. The van der Waals surface area contributed by atoms with E-state index < -0.39 is 0 Å². The lowest BCUT2D eigenvalue weighted by Crippen LogP contribution is -1.81. The molecule has 0 saturated carbocycles. The van der Waals surface area contributed by atoms with Crippen LogP contribution in [0.25, 0.3) is 11.3 Å². The van der Waals surface area contributed by atoms with Gasteiger partial charge in [0.15, 0.2) is 0 Å². The number of rotatable bonds is 2. The minimum Gasteiger partial charge on any atom is -0.197 e. The molecule has 1 N–H and O–H groups in total. The van der Waals surface area contributed by atoms with Crippen molar-refractivity contribution in [1.29, 1.82) is 0 Å². The van der Waals surface area contributed by atoms with Crippen LogP contribution in [0.4, 0.5) is 0 Å². The number of nitrogens with zero attached hydrogens (tertiary/aromatic N) is 2. The van der Waals surface area contributed by atoms with Gasteiger partial charge in [0.1, 0.15) is 5.69 Å². The number of aryl methyl sites for hydroxylation is 1. The van der Waals surface area contributed by atoms with E-state index in [1.54, 1.807) is 6.20 Å². The largest absolute Gasteiger partial charge is 0.197 e. The fraction of sp³-hybridized carbons (Fsp3) is 0.200. The second-order valence-corrected chi connectivity index (χ2v) is 2.91. The lowest BCUT2D eigenvalue weighted by atomic mass is 10.1. The first-order valence-electron chi connectivity index (χ1n) is 4.35. The summed E-state index contributed by atoms with van der Waals surface area (Å²) < 4.78 is 0. The maximum absolute atomic E-state index is 4.01. The average molecular weight is 173 g/mol. The van der Waals surface area contributed by atoms with E-state index in [0.29, 0.717) is 0 Å². The monoisotopic (exact) mass is 173 g/mol. The van der Waals surface area contributed by atoms with Crippen molar-refractivity contribution in [2.45, 2.75) is 13.3 Å². The fourth-order valence-electron chi connectivity index (χ4n) is 1.25. The zero-order valence-corrected chi connectivity index (χ0v) is 7.49. The number of benzene rings is 1. The number of aromatic nitrogens is 3. The van der Waals surface area contributed by atoms with Crippen LogP contribution in [0.2, 0.25) is 0 Å². The molecule has 1 aromatic carbocycles. The van der Waals surface area contributed by atoms with E-state index in [1.807, 2.05) is 0 Å². The molecule has 3 nitrogen and oxygen atoms in total. The summed E-state index contributed by atoms with van der Waals surface area (Å²) in [7, 11) is 0. The van der Waals surface area contributed by atoms with E-state index in [-0.39, 0.29) is 0 Å². The molecule has 0 radical (unpaired) electrons. The Morgan fingerprint density at radius 3 is 2.54 bits per heavy atom. The van der Waals surface area contributed by atoms with Gasteiger partial charge in [0.2, 0.25) is 0 Å². The van der Waals surface area contributed by atoms with Crippen molar-refractivity contribution in [3.05, 3.63) is 36.0 Å². The van der Waals surface area contributed by atoms with E-state index in [9.17, 15) is 0 Å². The molecular formula is C10H11N3. The van der Waals surface area contributed by atoms with Gasteiger partial charge in [-0.15, -0.1) is 0 Å². The minimum absolute atomic E-state index is 0.891. The van der Waals surface area contributed by atoms with Crippen molar-refractivity contribution in [3.8, 4) is 11.3 Å². The number of aromatic amines is 1. The molecule has 0 spiro atoms. The molecular weight excluding hydrogens is 162 g/mol. The lowest BCUT2D eigenvalue weighted by Gasteiger charge is -1.97. The van der Waals surface area contributed by atoms with Crippen molar-refractivity contribution >= 4 is 0 Å². The van der Waals surface area contributed by atoms with E-state index in [2.05, 4.69) is 46.6 Å². The van der Waals surface area contributed by atoms with Crippen molar-refractivity contribution in [1.82, 2.24) is 15.4 Å². The predicted molar refractivity (Wildman–Crippen MR) is 51.2 cm³/mol. The third kappa shape index (κ3) is 1.59. The van der Waals surface area contributed by atoms with Crippen molar-refractivity contribution in [3.63, 3.8) is 0 Å². The summed E-state index contributed by atoms with van der Waals surface area (Å²) in [5.74, 6) is 0. The molecule has 2 rings (SSSR count). The predicted octanol–water partition coefficient (Wildman–Crippen LogP) is 2.03. The second-order valence-electron chi connectivity index (χ2n) is 2.91. The maximum Gasteiger partial charge on any atom is 0.112 e. The van der Waals surface area contributed by atoms with E-state index in [1.165, 1.54) is 5.56 Å². The summed E-state index contributed by atoms with van der Waals surface area (Å²) in [6.07, 6.45) is 2.79. The molecule has 1 heterocycles. The SMILES string of the molecule is CCc1ccc(-c2cn[nH]n2)cc1. The fourth-order valence-corrected chi connectivity index (χ4v) is 1.25. The van der Waals surface area contributed by atoms with E-state index in [0.717, 1.165) is 17.7 Å². The zero-order valence-electron chi connectivity index (χ0n) is 7.49. The summed E-state index contributed by atoms with van der Waals surface area (Å²) in [4.78, 5) is 0. The van der Waals surface area contributed by atoms with Crippen LogP contribution in [0.1, 0.15) is 12.5 Å². The van der Waals surface area contributed by atoms with Crippen LogP contribution in [0.5, 0.6) is 0 Å². The second kappa shape index (κ2) is 3.39. The summed E-state index contributed by atoms with van der Waals surface area (Å²) >= 11 is 0. The highest BCUT2D eigenvalue weighted by molar-refractivity contribution is 5.57. The Morgan fingerprint density at radius 2 is 2.00 bits per heavy atom. The summed E-state index contributed by atoms with van der Waals surface area (Å²) in [6.45, 7) is 2.14. The number of hydrogen-bond acceptors (Lipinski definition) is 2. The van der Waals surface area contributed by atoms with Crippen LogP contribution in [0.15, 0.2) is 30.5 Å². The van der Waals surface area contributed by atoms with Crippen LogP contribution in [-0.2, 0) is 6.42 Å². The van der Waals surface area contributed by atoms with Gasteiger partial charge in [-0.05, 0) is 12.0 Å². The van der Waals surface area contributed by atoms with Gasteiger partial charge in [-0.25, -0.2) is 0 Å². The van der Waals surface area contributed by atoms with Gasteiger partial charge in [-0.2, -0.15) is 15.4 Å². The Morgan fingerprint density at radius 1 is 1.23 bits per heavy atom. The van der Waals surface area contributed by atoms with Gasteiger partial charge in [0.25, 0.3) is 0 Å². The van der Waals surface area contributed by atoms with Crippen LogP contribution >= 0.6 is 0 Å². The van der Waals surface area contributed by atoms with E-state index >= 15 is 0 Å². The number of hydrogen-bond donors (Lipinski definition) is 1. The minimum atomic E-state index is 0.891. The van der Waals surface area contributed by atoms with Gasteiger partial charge in [-0.1, -0.05) is 31.2 Å². The van der Waals surface area contributed by atoms with Gasteiger partial charge in [-0.3, -0.25) is 0 Å². The first kappa shape index (κ1) is 7.98. The standard InChI is InChI=1S/C10H11N3/c1-2-8-3-5-9(6-4-8)10-7-11-13-12-10/h3-7H,2H2,1H3,(H,11,12,13). The lowest BCUT2D eigenvalue weighted by molar-refractivity contribution is 0.942. The zero-order chi connectivity index (χ0) is 9.10. The Labute approximate surface area is 76.8 Å². The molecule has 0 atom stereocenters. The number of H-pyrrole nitrogens is 1. The molecule has 66 valence electrons.